The smallest absolute Gasteiger partial charge is 0.159 e. The minimum Gasteiger partial charge on any atom is -0.492 e. The molecule has 148 valence electrons. The lowest BCUT2D eigenvalue weighted by Gasteiger charge is -2.09. The molecule has 0 aliphatic carbocycles. The van der Waals surface area contributed by atoms with Crippen LogP contribution in [0.1, 0.15) is 77.2 Å². The number of benzene rings is 1. The summed E-state index contributed by atoms with van der Waals surface area (Å²) in [5.41, 5.74) is 2.13. The first kappa shape index (κ1) is 21.7. The zero-order valence-electron chi connectivity index (χ0n) is 16.8. The third kappa shape index (κ3) is 7.88. The van der Waals surface area contributed by atoms with Crippen molar-refractivity contribution in [2.75, 3.05) is 6.61 Å². The van der Waals surface area contributed by atoms with Gasteiger partial charge in [-0.3, -0.25) is 0 Å². The molecular formula is C23H33ClN2O. The molecule has 0 radical (unpaired) electrons. The van der Waals surface area contributed by atoms with Gasteiger partial charge in [-0.15, -0.1) is 0 Å². The van der Waals surface area contributed by atoms with E-state index in [9.17, 15) is 0 Å². The molecule has 0 N–H and O–H groups in total. The largest absolute Gasteiger partial charge is 0.492 e. The Balaban J connectivity index is 1.85. The Morgan fingerprint density at radius 2 is 1.52 bits per heavy atom. The van der Waals surface area contributed by atoms with Crippen molar-refractivity contribution >= 4 is 11.6 Å². The molecule has 0 bridgehead atoms. The fourth-order valence-corrected chi connectivity index (χ4v) is 3.27. The maximum Gasteiger partial charge on any atom is 0.159 e. The lowest BCUT2D eigenvalue weighted by molar-refractivity contribution is 0.305. The first-order valence-electron chi connectivity index (χ1n) is 10.5. The molecular weight excluding hydrogens is 356 g/mol. The number of hydrogen-bond donors (Lipinski definition) is 0. The maximum atomic E-state index is 6.38. The molecule has 0 atom stereocenters. The fourth-order valence-electron chi connectivity index (χ4n) is 3.03. The van der Waals surface area contributed by atoms with Crippen molar-refractivity contribution in [1.82, 2.24) is 9.97 Å². The van der Waals surface area contributed by atoms with E-state index >= 15 is 0 Å². The predicted octanol–water partition coefficient (Wildman–Crippen LogP) is 7.27. The average molecular weight is 389 g/mol. The van der Waals surface area contributed by atoms with Crippen LogP contribution in [-0.4, -0.2) is 16.6 Å². The van der Waals surface area contributed by atoms with Crippen molar-refractivity contribution in [3.8, 4) is 17.1 Å². The number of rotatable bonds is 13. The molecule has 0 fully saturated rings. The van der Waals surface area contributed by atoms with Crippen molar-refractivity contribution in [2.45, 2.75) is 78.1 Å². The molecule has 0 saturated heterocycles. The number of aryl methyl sites for hydroxylation is 1. The zero-order valence-corrected chi connectivity index (χ0v) is 17.6. The number of nitrogens with zero attached hydrogens (tertiary/aromatic N) is 2. The van der Waals surface area contributed by atoms with Crippen molar-refractivity contribution in [1.29, 1.82) is 0 Å². The minimum absolute atomic E-state index is 0.617. The highest BCUT2D eigenvalue weighted by Gasteiger charge is 2.07. The SMILES string of the molecule is CCCCCCCc1cnc(-c2ccc(OCCCCCC)c(Cl)c2)nc1. The summed E-state index contributed by atoms with van der Waals surface area (Å²) in [6.07, 6.45) is 16.1. The second kappa shape index (κ2) is 12.7. The van der Waals surface area contributed by atoms with E-state index in [1.807, 2.05) is 30.6 Å². The molecule has 0 aliphatic rings. The summed E-state index contributed by atoms with van der Waals surface area (Å²) >= 11 is 6.38. The highest BCUT2D eigenvalue weighted by atomic mass is 35.5. The molecule has 0 aliphatic heterocycles. The Morgan fingerprint density at radius 1 is 0.852 bits per heavy atom. The summed E-state index contributed by atoms with van der Waals surface area (Å²) in [6.45, 7) is 5.16. The van der Waals surface area contributed by atoms with Crippen molar-refractivity contribution in [2.24, 2.45) is 0 Å². The molecule has 0 amide bonds. The summed E-state index contributed by atoms with van der Waals surface area (Å²) in [5, 5.41) is 0.617. The Kier molecular flexibility index (Phi) is 10.2. The van der Waals surface area contributed by atoms with Crippen LogP contribution in [0.5, 0.6) is 5.75 Å². The molecule has 1 aromatic heterocycles. The quantitative estimate of drug-likeness (QED) is 0.338. The third-order valence-electron chi connectivity index (χ3n) is 4.72. The molecule has 0 unspecified atom stereocenters. The van der Waals surface area contributed by atoms with Crippen LogP contribution in [0.4, 0.5) is 0 Å². The number of ether oxygens (including phenoxy) is 1. The highest BCUT2D eigenvalue weighted by molar-refractivity contribution is 6.32. The lowest BCUT2D eigenvalue weighted by atomic mass is 10.1. The Morgan fingerprint density at radius 3 is 2.19 bits per heavy atom. The first-order valence-corrected chi connectivity index (χ1v) is 10.9. The minimum atomic E-state index is 0.617. The van der Waals surface area contributed by atoms with E-state index in [-0.39, 0.29) is 0 Å². The molecule has 2 rings (SSSR count). The third-order valence-corrected chi connectivity index (χ3v) is 5.02. The van der Waals surface area contributed by atoms with E-state index in [2.05, 4.69) is 23.8 Å². The van der Waals surface area contributed by atoms with Gasteiger partial charge in [0.15, 0.2) is 5.82 Å². The molecule has 1 heterocycles. The number of hydrogen-bond acceptors (Lipinski definition) is 3. The van der Waals surface area contributed by atoms with Crippen molar-refractivity contribution in [3.63, 3.8) is 0 Å². The summed E-state index contributed by atoms with van der Waals surface area (Å²) in [4.78, 5) is 9.04. The van der Waals surface area contributed by atoms with Gasteiger partial charge in [-0.25, -0.2) is 9.97 Å². The number of unbranched alkanes of at least 4 members (excludes halogenated alkanes) is 7. The first-order chi connectivity index (χ1) is 13.2. The monoisotopic (exact) mass is 388 g/mol. The summed E-state index contributed by atoms with van der Waals surface area (Å²) < 4.78 is 5.79. The summed E-state index contributed by atoms with van der Waals surface area (Å²) in [6, 6.07) is 5.79. The Bertz CT molecular complexity index is 658. The van der Waals surface area contributed by atoms with E-state index in [0.717, 1.165) is 24.2 Å². The summed E-state index contributed by atoms with van der Waals surface area (Å²) in [5.74, 6) is 1.45. The van der Waals surface area contributed by atoms with Crippen LogP contribution in [0.3, 0.4) is 0 Å². The van der Waals surface area contributed by atoms with E-state index in [1.54, 1.807) is 0 Å². The van der Waals surface area contributed by atoms with E-state index in [1.165, 1.54) is 56.9 Å². The Hall–Kier alpha value is -1.61. The number of halogens is 1. The van der Waals surface area contributed by atoms with Gasteiger partial charge in [0.1, 0.15) is 5.75 Å². The van der Waals surface area contributed by atoms with Gasteiger partial charge in [0.25, 0.3) is 0 Å². The summed E-state index contributed by atoms with van der Waals surface area (Å²) in [7, 11) is 0. The molecule has 3 nitrogen and oxygen atoms in total. The predicted molar refractivity (Wildman–Crippen MR) is 115 cm³/mol. The van der Waals surface area contributed by atoms with Gasteiger partial charge < -0.3 is 4.74 Å². The van der Waals surface area contributed by atoms with Crippen LogP contribution < -0.4 is 4.74 Å². The van der Waals surface area contributed by atoms with Crippen LogP contribution in [0.2, 0.25) is 5.02 Å². The molecule has 4 heteroatoms. The van der Waals surface area contributed by atoms with Gasteiger partial charge in [0.05, 0.1) is 11.6 Å². The van der Waals surface area contributed by atoms with Gasteiger partial charge in [-0.1, -0.05) is 70.4 Å². The van der Waals surface area contributed by atoms with Gasteiger partial charge in [-0.2, -0.15) is 0 Å². The van der Waals surface area contributed by atoms with E-state index in [0.29, 0.717) is 17.5 Å². The normalized spacial score (nSPS) is 10.9. The fraction of sp³-hybridized carbons (Fsp3) is 0.565. The molecule has 0 spiro atoms. The van der Waals surface area contributed by atoms with Crippen LogP contribution in [0.25, 0.3) is 11.4 Å². The van der Waals surface area contributed by atoms with E-state index in [4.69, 9.17) is 16.3 Å². The van der Waals surface area contributed by atoms with Crippen LogP contribution in [-0.2, 0) is 6.42 Å². The molecule has 2 aromatic rings. The molecule has 1 aromatic carbocycles. The van der Waals surface area contributed by atoms with Crippen LogP contribution >= 0.6 is 11.6 Å². The van der Waals surface area contributed by atoms with Crippen LogP contribution in [0, 0.1) is 0 Å². The second-order valence-corrected chi connectivity index (χ2v) is 7.54. The molecule has 27 heavy (non-hydrogen) atoms. The van der Waals surface area contributed by atoms with E-state index < -0.39 is 0 Å². The second-order valence-electron chi connectivity index (χ2n) is 7.13. The number of aromatic nitrogens is 2. The van der Waals surface area contributed by atoms with Gasteiger partial charge in [0.2, 0.25) is 0 Å². The van der Waals surface area contributed by atoms with Crippen molar-refractivity contribution < 1.29 is 4.74 Å². The standard InChI is InChI=1S/C23H33ClN2O/c1-3-5-7-9-10-12-19-17-25-23(26-18-19)20-13-14-22(21(24)16-20)27-15-11-8-6-4-2/h13-14,16-18H,3-12,15H2,1-2H3. The van der Waals surface area contributed by atoms with Crippen molar-refractivity contribution in [3.05, 3.63) is 41.2 Å². The Labute approximate surface area is 169 Å². The average Bonchev–Trinajstić information content (AvgIpc) is 2.69. The highest BCUT2D eigenvalue weighted by Crippen LogP contribution is 2.29. The maximum absolute atomic E-state index is 6.38. The van der Waals surface area contributed by atoms with Gasteiger partial charge >= 0.3 is 0 Å². The van der Waals surface area contributed by atoms with Crippen LogP contribution in [0.15, 0.2) is 30.6 Å². The zero-order chi connectivity index (χ0) is 19.3. The van der Waals surface area contributed by atoms with Gasteiger partial charge in [-0.05, 0) is 43.0 Å². The molecule has 0 saturated carbocycles. The lowest BCUT2D eigenvalue weighted by Crippen LogP contribution is -1.98. The topological polar surface area (TPSA) is 35.0 Å². The van der Waals surface area contributed by atoms with Gasteiger partial charge in [0, 0.05) is 18.0 Å².